The minimum Gasteiger partial charge on any atom is -0.299 e. The molecule has 0 aliphatic carbocycles. The molecule has 2 fully saturated rings. The minimum atomic E-state index is -3.44. The van der Waals surface area contributed by atoms with Crippen molar-refractivity contribution in [1.29, 1.82) is 0 Å². The van der Waals surface area contributed by atoms with Gasteiger partial charge in [0.25, 0.3) is 10.0 Å². The molecule has 3 heterocycles. The molecule has 0 amide bonds. The summed E-state index contributed by atoms with van der Waals surface area (Å²) in [5.74, 6) is 0. The molecule has 8 heteroatoms. The average molecular weight is 350 g/mol. The van der Waals surface area contributed by atoms with Crippen LogP contribution in [-0.4, -0.2) is 54.8 Å². The van der Waals surface area contributed by atoms with Crippen LogP contribution in [0.1, 0.15) is 31.4 Å². The Bertz CT molecular complexity index is 611. The first-order valence-electron chi connectivity index (χ1n) is 7.35. The molecule has 21 heavy (non-hydrogen) atoms. The molecule has 1 aromatic rings. The predicted octanol–water partition coefficient (Wildman–Crippen LogP) is 2.35. The van der Waals surface area contributed by atoms with E-state index in [1.807, 2.05) is 0 Å². The topological polar surface area (TPSA) is 53.5 Å². The number of aryl methyl sites for hydroxylation is 1. The van der Waals surface area contributed by atoms with Crippen molar-refractivity contribution < 1.29 is 8.42 Å². The fourth-order valence-corrected chi connectivity index (χ4v) is 6.58. The molecule has 118 valence electrons. The van der Waals surface area contributed by atoms with Crippen LogP contribution >= 0.6 is 22.9 Å². The van der Waals surface area contributed by atoms with Gasteiger partial charge >= 0.3 is 0 Å². The molecule has 0 aromatic carbocycles. The summed E-state index contributed by atoms with van der Waals surface area (Å²) in [5.41, 5.74) is 0.506. The molecule has 0 N–H and O–H groups in total. The predicted molar refractivity (Wildman–Crippen MR) is 84.4 cm³/mol. The highest BCUT2D eigenvalue weighted by atomic mass is 35.5. The van der Waals surface area contributed by atoms with Crippen molar-refractivity contribution in [3.8, 4) is 0 Å². The van der Waals surface area contributed by atoms with Crippen LogP contribution in [0.4, 0.5) is 0 Å². The number of piperidine rings is 1. The summed E-state index contributed by atoms with van der Waals surface area (Å²) >= 11 is 6.90. The lowest BCUT2D eigenvalue weighted by Crippen LogP contribution is -2.41. The molecule has 2 aliphatic rings. The highest BCUT2D eigenvalue weighted by molar-refractivity contribution is 7.91. The van der Waals surface area contributed by atoms with Crippen LogP contribution in [0.5, 0.6) is 0 Å². The van der Waals surface area contributed by atoms with E-state index < -0.39 is 10.0 Å². The average Bonchev–Trinajstić information content (AvgIpc) is 3.07. The Morgan fingerprint density at radius 2 is 1.95 bits per heavy atom. The van der Waals surface area contributed by atoms with Crippen molar-refractivity contribution in [1.82, 2.24) is 14.2 Å². The highest BCUT2D eigenvalue weighted by Gasteiger charge is 2.37. The Morgan fingerprint density at radius 1 is 1.24 bits per heavy atom. The minimum absolute atomic E-state index is 0.290. The summed E-state index contributed by atoms with van der Waals surface area (Å²) in [7, 11) is -3.44. The van der Waals surface area contributed by atoms with Crippen LogP contribution < -0.4 is 0 Å². The Kier molecular flexibility index (Phi) is 4.57. The van der Waals surface area contributed by atoms with Crippen molar-refractivity contribution in [3.05, 3.63) is 10.2 Å². The van der Waals surface area contributed by atoms with E-state index in [1.165, 1.54) is 19.3 Å². The summed E-state index contributed by atoms with van der Waals surface area (Å²) in [6.07, 6.45) is 4.67. The smallest absolute Gasteiger partial charge is 0.254 e. The van der Waals surface area contributed by atoms with Gasteiger partial charge in [-0.3, -0.25) is 4.90 Å². The Balaban J connectivity index is 1.74. The van der Waals surface area contributed by atoms with Crippen LogP contribution in [-0.2, 0) is 10.0 Å². The van der Waals surface area contributed by atoms with E-state index in [0.717, 1.165) is 30.8 Å². The van der Waals surface area contributed by atoms with Crippen LogP contribution in [0.15, 0.2) is 4.21 Å². The van der Waals surface area contributed by atoms with Gasteiger partial charge in [-0.2, -0.15) is 4.31 Å². The summed E-state index contributed by atoms with van der Waals surface area (Å²) in [5, 5.41) is 0. The number of rotatable bonds is 3. The van der Waals surface area contributed by atoms with Gasteiger partial charge in [0.2, 0.25) is 0 Å². The number of thiazole rings is 1. The second kappa shape index (κ2) is 6.12. The number of aromatic nitrogens is 1. The van der Waals surface area contributed by atoms with E-state index in [2.05, 4.69) is 9.88 Å². The number of hydrogen-bond acceptors (Lipinski definition) is 5. The van der Waals surface area contributed by atoms with Gasteiger partial charge in [-0.05, 0) is 39.3 Å². The third kappa shape index (κ3) is 3.12. The molecule has 1 aromatic heterocycles. The van der Waals surface area contributed by atoms with Gasteiger partial charge in [0.05, 0.1) is 5.69 Å². The second-order valence-corrected chi connectivity index (χ2v) is 9.46. The van der Waals surface area contributed by atoms with E-state index in [0.29, 0.717) is 29.0 Å². The van der Waals surface area contributed by atoms with Gasteiger partial charge in [0.1, 0.15) is 0 Å². The van der Waals surface area contributed by atoms with Crippen molar-refractivity contribution >= 4 is 33.0 Å². The van der Waals surface area contributed by atoms with Gasteiger partial charge < -0.3 is 0 Å². The molecule has 1 unspecified atom stereocenters. The molecular formula is C13H20ClN3O2S2. The Morgan fingerprint density at radius 3 is 2.57 bits per heavy atom. The third-order valence-electron chi connectivity index (χ3n) is 4.34. The highest BCUT2D eigenvalue weighted by Crippen LogP contribution is 2.32. The van der Waals surface area contributed by atoms with E-state index in [1.54, 1.807) is 11.2 Å². The van der Waals surface area contributed by atoms with Gasteiger partial charge in [-0.15, -0.1) is 0 Å². The molecule has 1 atom stereocenters. The third-order valence-corrected chi connectivity index (χ3v) is 8.05. The van der Waals surface area contributed by atoms with Gasteiger partial charge in [0, 0.05) is 19.1 Å². The molecule has 0 saturated carbocycles. The first-order chi connectivity index (χ1) is 9.98. The molecular weight excluding hydrogens is 330 g/mol. The zero-order valence-corrected chi connectivity index (χ0v) is 14.5. The fraction of sp³-hybridized carbons (Fsp3) is 0.769. The summed E-state index contributed by atoms with van der Waals surface area (Å²) in [6, 6.07) is 0.365. The largest absolute Gasteiger partial charge is 0.299 e. The first kappa shape index (κ1) is 15.7. The SMILES string of the molecule is Cc1nc(Cl)sc1S(=O)(=O)N1CCC(N2CCCCC2)C1. The number of nitrogens with zero attached hydrogens (tertiary/aromatic N) is 3. The van der Waals surface area contributed by atoms with E-state index in [4.69, 9.17) is 11.6 Å². The maximum absolute atomic E-state index is 12.7. The summed E-state index contributed by atoms with van der Waals surface area (Å²) < 4.78 is 27.6. The number of hydrogen-bond donors (Lipinski definition) is 0. The zero-order valence-electron chi connectivity index (χ0n) is 12.1. The van der Waals surface area contributed by atoms with Crippen LogP contribution in [0, 0.1) is 6.92 Å². The number of likely N-dealkylation sites (tertiary alicyclic amines) is 1. The normalized spacial score (nSPS) is 25.5. The van der Waals surface area contributed by atoms with E-state index in [9.17, 15) is 8.42 Å². The lowest BCUT2D eigenvalue weighted by atomic mass is 10.1. The molecule has 5 nitrogen and oxygen atoms in total. The fourth-order valence-electron chi connectivity index (χ4n) is 3.22. The van der Waals surface area contributed by atoms with E-state index in [-0.39, 0.29) is 4.47 Å². The molecule has 0 spiro atoms. The molecule has 0 radical (unpaired) electrons. The van der Waals surface area contributed by atoms with Crippen molar-refractivity contribution in [2.24, 2.45) is 0 Å². The lowest BCUT2D eigenvalue weighted by Gasteiger charge is -2.32. The molecule has 0 bridgehead atoms. The van der Waals surface area contributed by atoms with Crippen molar-refractivity contribution in [2.45, 2.75) is 42.9 Å². The maximum atomic E-state index is 12.7. The van der Waals surface area contributed by atoms with Crippen molar-refractivity contribution in [3.63, 3.8) is 0 Å². The standard InChI is InChI=1S/C13H20ClN3O2S2/c1-10-12(20-13(14)15-10)21(18,19)17-8-5-11(9-17)16-6-3-2-4-7-16/h11H,2-9H2,1H3. The van der Waals surface area contributed by atoms with Crippen LogP contribution in [0.25, 0.3) is 0 Å². The molecule has 2 saturated heterocycles. The Hall–Kier alpha value is -0.210. The number of halogens is 1. The van der Waals surface area contributed by atoms with E-state index >= 15 is 0 Å². The summed E-state index contributed by atoms with van der Waals surface area (Å²) in [6.45, 7) is 5.09. The zero-order chi connectivity index (χ0) is 15.0. The van der Waals surface area contributed by atoms with Gasteiger partial charge in [-0.25, -0.2) is 13.4 Å². The monoisotopic (exact) mass is 349 g/mol. The first-order valence-corrected chi connectivity index (χ1v) is 9.99. The molecule has 2 aliphatic heterocycles. The van der Waals surface area contributed by atoms with Gasteiger partial charge in [-0.1, -0.05) is 29.4 Å². The van der Waals surface area contributed by atoms with Crippen LogP contribution in [0.3, 0.4) is 0 Å². The van der Waals surface area contributed by atoms with Crippen molar-refractivity contribution in [2.75, 3.05) is 26.2 Å². The number of sulfonamides is 1. The molecule has 3 rings (SSSR count). The maximum Gasteiger partial charge on any atom is 0.254 e. The summed E-state index contributed by atoms with van der Waals surface area (Å²) in [4.78, 5) is 6.48. The quantitative estimate of drug-likeness (QED) is 0.840. The second-order valence-electron chi connectivity index (χ2n) is 5.74. The lowest BCUT2D eigenvalue weighted by molar-refractivity contribution is 0.169. The van der Waals surface area contributed by atoms with Crippen LogP contribution in [0.2, 0.25) is 4.47 Å². The Labute approximate surface area is 135 Å². The van der Waals surface area contributed by atoms with Gasteiger partial charge in [0.15, 0.2) is 8.68 Å².